The number of fused-ring (bicyclic) bond motifs is 1. The van der Waals surface area contributed by atoms with Crippen molar-refractivity contribution in [2.24, 2.45) is 0 Å². The second-order valence-corrected chi connectivity index (χ2v) is 6.45. The van der Waals surface area contributed by atoms with E-state index >= 15 is 0 Å². The Labute approximate surface area is 118 Å². The van der Waals surface area contributed by atoms with E-state index in [0.717, 1.165) is 0 Å². The molecule has 0 radical (unpaired) electrons. The molecule has 1 unspecified atom stereocenters. The first-order valence-electron chi connectivity index (χ1n) is 6.44. The quantitative estimate of drug-likeness (QED) is 0.903. The predicted molar refractivity (Wildman–Crippen MR) is 75.4 cm³/mol. The van der Waals surface area contributed by atoms with Gasteiger partial charge in [0, 0.05) is 13.6 Å². The Morgan fingerprint density at radius 2 is 2.10 bits per heavy atom. The summed E-state index contributed by atoms with van der Waals surface area (Å²) in [4.78, 5) is 13.4. The molecule has 0 aromatic heterocycles. The predicted octanol–water partition coefficient (Wildman–Crippen LogP) is 1.12. The molecule has 1 aliphatic rings. The zero-order valence-electron chi connectivity index (χ0n) is 11.7. The molecule has 6 nitrogen and oxygen atoms in total. The molecule has 0 fully saturated rings. The molecule has 1 amide bonds. The van der Waals surface area contributed by atoms with Crippen molar-refractivity contribution in [2.45, 2.75) is 31.3 Å². The number of nitrogens with zero attached hydrogens (tertiary/aromatic N) is 1. The SMILES string of the molecule is CCCNS(=O)(=O)c1ccc2c(c1)N(C)C(=O)C(C)O2. The van der Waals surface area contributed by atoms with Gasteiger partial charge in [0.25, 0.3) is 5.91 Å². The maximum Gasteiger partial charge on any atom is 0.267 e. The van der Waals surface area contributed by atoms with Crippen molar-refractivity contribution in [1.29, 1.82) is 0 Å². The van der Waals surface area contributed by atoms with Crippen LogP contribution in [0.5, 0.6) is 5.75 Å². The van der Waals surface area contributed by atoms with Crippen molar-refractivity contribution in [1.82, 2.24) is 4.72 Å². The van der Waals surface area contributed by atoms with Crippen LogP contribution in [-0.2, 0) is 14.8 Å². The topological polar surface area (TPSA) is 75.7 Å². The summed E-state index contributed by atoms with van der Waals surface area (Å²) in [5, 5.41) is 0. The molecule has 0 bridgehead atoms. The van der Waals surface area contributed by atoms with Gasteiger partial charge in [0.1, 0.15) is 5.75 Å². The first kappa shape index (κ1) is 14.8. The molecule has 2 rings (SSSR count). The minimum atomic E-state index is -3.55. The van der Waals surface area contributed by atoms with E-state index in [9.17, 15) is 13.2 Å². The highest BCUT2D eigenvalue weighted by atomic mass is 32.2. The molecule has 1 atom stereocenters. The number of likely N-dealkylation sites (N-methyl/N-ethyl adjacent to an activating group) is 1. The summed E-state index contributed by atoms with van der Waals surface area (Å²) >= 11 is 0. The van der Waals surface area contributed by atoms with Crippen LogP contribution in [0.4, 0.5) is 5.69 Å². The smallest absolute Gasteiger partial charge is 0.267 e. The summed E-state index contributed by atoms with van der Waals surface area (Å²) in [5.41, 5.74) is 0.465. The number of hydrogen-bond donors (Lipinski definition) is 1. The average Bonchev–Trinajstić information content (AvgIpc) is 2.42. The van der Waals surface area contributed by atoms with Crippen LogP contribution >= 0.6 is 0 Å². The Bertz CT molecular complexity index is 627. The maximum absolute atomic E-state index is 12.1. The molecule has 0 spiro atoms. The molecule has 1 aromatic carbocycles. The molecule has 110 valence electrons. The second-order valence-electron chi connectivity index (χ2n) is 4.68. The van der Waals surface area contributed by atoms with Gasteiger partial charge in [0.05, 0.1) is 10.6 Å². The minimum Gasteiger partial charge on any atom is -0.479 e. The highest BCUT2D eigenvalue weighted by Gasteiger charge is 2.30. The van der Waals surface area contributed by atoms with Gasteiger partial charge >= 0.3 is 0 Å². The van der Waals surface area contributed by atoms with E-state index < -0.39 is 16.1 Å². The number of carbonyl (C=O) groups is 1. The molecule has 1 aliphatic heterocycles. The van der Waals surface area contributed by atoms with Crippen LogP contribution in [0.3, 0.4) is 0 Å². The third kappa shape index (κ3) is 2.64. The average molecular weight is 298 g/mol. The molecule has 0 aliphatic carbocycles. The fourth-order valence-electron chi connectivity index (χ4n) is 1.98. The summed E-state index contributed by atoms with van der Waals surface area (Å²) in [6.45, 7) is 3.92. The lowest BCUT2D eigenvalue weighted by Crippen LogP contribution is -2.42. The number of carbonyl (C=O) groups excluding carboxylic acids is 1. The van der Waals surface area contributed by atoms with E-state index in [4.69, 9.17) is 4.74 Å². The molecule has 1 aromatic rings. The Morgan fingerprint density at radius 1 is 1.40 bits per heavy atom. The van der Waals surface area contributed by atoms with Gasteiger partial charge in [-0.05, 0) is 31.5 Å². The van der Waals surface area contributed by atoms with Crippen molar-refractivity contribution in [3.8, 4) is 5.75 Å². The number of nitrogens with one attached hydrogen (secondary N) is 1. The van der Waals surface area contributed by atoms with Crippen molar-refractivity contribution in [3.63, 3.8) is 0 Å². The zero-order chi connectivity index (χ0) is 14.9. The molecule has 1 heterocycles. The molecular weight excluding hydrogens is 280 g/mol. The van der Waals surface area contributed by atoms with Crippen LogP contribution in [0.25, 0.3) is 0 Å². The van der Waals surface area contributed by atoms with Crippen LogP contribution < -0.4 is 14.4 Å². The molecule has 0 saturated heterocycles. The van der Waals surface area contributed by atoms with Crippen LogP contribution in [-0.4, -0.2) is 34.0 Å². The minimum absolute atomic E-state index is 0.127. The van der Waals surface area contributed by atoms with E-state index in [1.807, 2.05) is 6.92 Å². The summed E-state index contributed by atoms with van der Waals surface area (Å²) in [5.74, 6) is 0.308. The van der Waals surface area contributed by atoms with E-state index in [2.05, 4.69) is 4.72 Å². The van der Waals surface area contributed by atoms with Crippen molar-refractivity contribution < 1.29 is 17.9 Å². The largest absolute Gasteiger partial charge is 0.479 e. The molecular formula is C13H18N2O4S. The summed E-state index contributed by atoms with van der Waals surface area (Å²) in [6, 6.07) is 4.51. The van der Waals surface area contributed by atoms with Gasteiger partial charge in [-0.15, -0.1) is 0 Å². The standard InChI is InChI=1S/C13H18N2O4S/c1-4-7-14-20(17,18)10-5-6-12-11(8-10)15(3)13(16)9(2)19-12/h5-6,8-9,14H,4,7H2,1-3H3. The van der Waals surface area contributed by atoms with Gasteiger partial charge < -0.3 is 9.64 Å². The Morgan fingerprint density at radius 3 is 2.75 bits per heavy atom. The second kappa shape index (κ2) is 5.41. The first-order valence-corrected chi connectivity index (χ1v) is 7.93. The van der Waals surface area contributed by atoms with Crippen LogP contribution in [0, 0.1) is 0 Å². The van der Waals surface area contributed by atoms with E-state index in [0.29, 0.717) is 24.4 Å². The van der Waals surface area contributed by atoms with Gasteiger partial charge in [-0.2, -0.15) is 0 Å². The normalized spacial score (nSPS) is 18.6. The molecule has 1 N–H and O–H groups in total. The number of amides is 1. The van der Waals surface area contributed by atoms with E-state index in [1.54, 1.807) is 20.0 Å². The number of sulfonamides is 1. The number of benzene rings is 1. The van der Waals surface area contributed by atoms with E-state index in [-0.39, 0.29) is 10.8 Å². The Hall–Kier alpha value is -1.60. The zero-order valence-corrected chi connectivity index (χ0v) is 12.5. The van der Waals surface area contributed by atoms with Gasteiger partial charge in [-0.25, -0.2) is 13.1 Å². The van der Waals surface area contributed by atoms with Crippen molar-refractivity contribution in [3.05, 3.63) is 18.2 Å². The number of hydrogen-bond acceptors (Lipinski definition) is 4. The summed E-state index contributed by atoms with van der Waals surface area (Å²) in [7, 11) is -1.95. The maximum atomic E-state index is 12.1. The van der Waals surface area contributed by atoms with E-state index in [1.165, 1.54) is 17.0 Å². The van der Waals surface area contributed by atoms with Gasteiger partial charge in [0.2, 0.25) is 10.0 Å². The highest BCUT2D eigenvalue weighted by Crippen LogP contribution is 2.34. The lowest BCUT2D eigenvalue weighted by atomic mass is 10.2. The summed E-state index contributed by atoms with van der Waals surface area (Å²) < 4.78 is 32.1. The van der Waals surface area contributed by atoms with Crippen LogP contribution in [0.15, 0.2) is 23.1 Å². The highest BCUT2D eigenvalue weighted by molar-refractivity contribution is 7.89. The monoisotopic (exact) mass is 298 g/mol. The van der Waals surface area contributed by atoms with Gasteiger partial charge in [-0.1, -0.05) is 6.92 Å². The lowest BCUT2D eigenvalue weighted by Gasteiger charge is -2.30. The summed E-state index contributed by atoms with van der Waals surface area (Å²) in [6.07, 6.45) is 0.150. The van der Waals surface area contributed by atoms with Crippen molar-refractivity contribution in [2.75, 3.05) is 18.5 Å². The molecule has 0 saturated carbocycles. The fourth-order valence-corrected chi connectivity index (χ4v) is 3.13. The number of rotatable bonds is 4. The van der Waals surface area contributed by atoms with Gasteiger partial charge in [-0.3, -0.25) is 4.79 Å². The number of ether oxygens (including phenoxy) is 1. The van der Waals surface area contributed by atoms with Crippen LogP contribution in [0.2, 0.25) is 0 Å². The third-order valence-electron chi connectivity index (χ3n) is 3.13. The van der Waals surface area contributed by atoms with Gasteiger partial charge in [0.15, 0.2) is 6.10 Å². The third-order valence-corrected chi connectivity index (χ3v) is 4.58. The van der Waals surface area contributed by atoms with Crippen LogP contribution in [0.1, 0.15) is 20.3 Å². The lowest BCUT2D eigenvalue weighted by molar-refractivity contribution is -0.125. The van der Waals surface area contributed by atoms with Crippen molar-refractivity contribution >= 4 is 21.6 Å². The fraction of sp³-hybridized carbons (Fsp3) is 0.462. The first-order chi connectivity index (χ1) is 9.36. The Balaban J connectivity index is 2.40. The Kier molecular flexibility index (Phi) is 4.01. The molecule has 7 heteroatoms. The molecule has 20 heavy (non-hydrogen) atoms. The number of anilines is 1.